The topological polar surface area (TPSA) is 72.6 Å². The van der Waals surface area contributed by atoms with Crippen LogP contribution in [-0.4, -0.2) is 17.1 Å². The van der Waals surface area contributed by atoms with Gasteiger partial charge in [-0.2, -0.15) is 0 Å². The standard InChI is InChI=1S/C9H11NO4/c1-6(11)8-4-3-7(14-2)5-9(8)10(12)13/h3-6,11H,1-2H3/t6-/m1/s1. The van der Waals surface area contributed by atoms with Gasteiger partial charge in [0.1, 0.15) is 5.75 Å². The highest BCUT2D eigenvalue weighted by Gasteiger charge is 2.18. The van der Waals surface area contributed by atoms with Crippen molar-refractivity contribution in [2.75, 3.05) is 7.11 Å². The lowest BCUT2D eigenvalue weighted by molar-refractivity contribution is -0.386. The number of rotatable bonds is 3. The summed E-state index contributed by atoms with van der Waals surface area (Å²) in [5.74, 6) is 0.404. The van der Waals surface area contributed by atoms with Gasteiger partial charge in [0.15, 0.2) is 0 Å². The molecule has 14 heavy (non-hydrogen) atoms. The van der Waals surface area contributed by atoms with Crippen molar-refractivity contribution in [1.29, 1.82) is 0 Å². The monoisotopic (exact) mass is 197 g/mol. The van der Waals surface area contributed by atoms with Crippen LogP contribution in [0.25, 0.3) is 0 Å². The molecular weight excluding hydrogens is 186 g/mol. The number of ether oxygens (including phenoxy) is 1. The maximum Gasteiger partial charge on any atom is 0.278 e. The minimum absolute atomic E-state index is 0.126. The van der Waals surface area contributed by atoms with Crippen LogP contribution in [0.5, 0.6) is 5.75 Å². The lowest BCUT2D eigenvalue weighted by atomic mass is 10.1. The molecule has 5 heteroatoms. The van der Waals surface area contributed by atoms with E-state index in [2.05, 4.69) is 0 Å². The van der Waals surface area contributed by atoms with Gasteiger partial charge in [0.05, 0.1) is 29.8 Å². The van der Waals surface area contributed by atoms with E-state index >= 15 is 0 Å². The average molecular weight is 197 g/mol. The Morgan fingerprint density at radius 3 is 2.64 bits per heavy atom. The van der Waals surface area contributed by atoms with Crippen LogP contribution in [-0.2, 0) is 0 Å². The second-order valence-corrected chi connectivity index (χ2v) is 2.86. The molecule has 0 amide bonds. The number of hydrogen-bond acceptors (Lipinski definition) is 4. The van der Waals surface area contributed by atoms with Crippen LogP contribution in [0, 0.1) is 10.1 Å². The van der Waals surface area contributed by atoms with E-state index in [4.69, 9.17) is 4.74 Å². The molecule has 1 aromatic carbocycles. The van der Waals surface area contributed by atoms with E-state index in [9.17, 15) is 15.2 Å². The number of benzene rings is 1. The summed E-state index contributed by atoms with van der Waals surface area (Å²) < 4.78 is 4.85. The molecule has 76 valence electrons. The van der Waals surface area contributed by atoms with E-state index in [1.807, 2.05) is 0 Å². The highest BCUT2D eigenvalue weighted by molar-refractivity contribution is 5.46. The Balaban J connectivity index is 3.24. The Morgan fingerprint density at radius 1 is 1.57 bits per heavy atom. The zero-order chi connectivity index (χ0) is 10.7. The largest absolute Gasteiger partial charge is 0.497 e. The molecular formula is C9H11NO4. The van der Waals surface area contributed by atoms with Gasteiger partial charge in [-0.05, 0) is 19.1 Å². The number of hydrogen-bond donors (Lipinski definition) is 1. The van der Waals surface area contributed by atoms with E-state index in [0.717, 1.165) is 0 Å². The second-order valence-electron chi connectivity index (χ2n) is 2.86. The van der Waals surface area contributed by atoms with Gasteiger partial charge in [0.25, 0.3) is 5.69 Å². The van der Waals surface area contributed by atoms with Crippen LogP contribution in [0.2, 0.25) is 0 Å². The van der Waals surface area contributed by atoms with Crippen molar-refractivity contribution in [2.24, 2.45) is 0 Å². The van der Waals surface area contributed by atoms with Crippen molar-refractivity contribution in [2.45, 2.75) is 13.0 Å². The lowest BCUT2D eigenvalue weighted by Crippen LogP contribution is -1.99. The van der Waals surface area contributed by atoms with Crippen molar-refractivity contribution >= 4 is 5.69 Å². The third-order valence-corrected chi connectivity index (χ3v) is 1.88. The lowest BCUT2D eigenvalue weighted by Gasteiger charge is -2.06. The molecule has 1 aromatic rings. The third-order valence-electron chi connectivity index (χ3n) is 1.88. The van der Waals surface area contributed by atoms with Crippen LogP contribution in [0.1, 0.15) is 18.6 Å². The summed E-state index contributed by atoms with van der Waals surface area (Å²) in [5.41, 5.74) is 0.162. The Hall–Kier alpha value is -1.62. The molecule has 0 aliphatic carbocycles. The van der Waals surface area contributed by atoms with E-state index in [0.29, 0.717) is 5.75 Å². The molecule has 0 aliphatic rings. The van der Waals surface area contributed by atoms with E-state index < -0.39 is 11.0 Å². The number of nitrogens with zero attached hydrogens (tertiary/aromatic N) is 1. The average Bonchev–Trinajstić information content (AvgIpc) is 2.16. The summed E-state index contributed by atoms with van der Waals surface area (Å²) in [6.45, 7) is 1.48. The molecule has 0 heterocycles. The van der Waals surface area contributed by atoms with Crippen LogP contribution < -0.4 is 4.74 Å². The van der Waals surface area contributed by atoms with Crippen molar-refractivity contribution in [1.82, 2.24) is 0 Å². The van der Waals surface area contributed by atoms with Crippen LogP contribution in [0.15, 0.2) is 18.2 Å². The van der Waals surface area contributed by atoms with E-state index in [1.54, 1.807) is 6.07 Å². The van der Waals surface area contributed by atoms with E-state index in [-0.39, 0.29) is 11.3 Å². The van der Waals surface area contributed by atoms with E-state index in [1.165, 1.54) is 26.2 Å². The van der Waals surface area contributed by atoms with Gasteiger partial charge < -0.3 is 9.84 Å². The fourth-order valence-electron chi connectivity index (χ4n) is 1.16. The summed E-state index contributed by atoms with van der Waals surface area (Å²) in [7, 11) is 1.43. The van der Waals surface area contributed by atoms with Gasteiger partial charge in [0, 0.05) is 0 Å². The molecule has 0 unspecified atom stereocenters. The predicted octanol–water partition coefficient (Wildman–Crippen LogP) is 1.66. The number of nitro groups is 1. The highest BCUT2D eigenvalue weighted by atomic mass is 16.6. The fraction of sp³-hybridized carbons (Fsp3) is 0.333. The zero-order valence-electron chi connectivity index (χ0n) is 7.93. The minimum atomic E-state index is -0.860. The second kappa shape index (κ2) is 4.06. The summed E-state index contributed by atoms with van der Waals surface area (Å²) in [5, 5.41) is 19.9. The summed E-state index contributed by atoms with van der Waals surface area (Å²) in [6.07, 6.45) is -0.860. The van der Waals surface area contributed by atoms with Gasteiger partial charge in [0.2, 0.25) is 0 Å². The van der Waals surface area contributed by atoms with Gasteiger partial charge >= 0.3 is 0 Å². The SMILES string of the molecule is COc1ccc([C@@H](C)O)c([N+](=O)[O-])c1. The van der Waals surface area contributed by atoms with Crippen molar-refractivity contribution in [3.63, 3.8) is 0 Å². The molecule has 1 atom stereocenters. The molecule has 1 N–H and O–H groups in total. The maximum absolute atomic E-state index is 10.6. The Bertz CT molecular complexity index is 349. The first-order valence-electron chi connectivity index (χ1n) is 4.06. The molecule has 0 bridgehead atoms. The number of nitro benzene ring substituents is 1. The van der Waals surface area contributed by atoms with Crippen LogP contribution in [0.4, 0.5) is 5.69 Å². The first-order valence-corrected chi connectivity index (χ1v) is 4.06. The van der Waals surface area contributed by atoms with Gasteiger partial charge in [-0.3, -0.25) is 10.1 Å². The van der Waals surface area contributed by atoms with Crippen molar-refractivity contribution in [3.8, 4) is 5.75 Å². The van der Waals surface area contributed by atoms with Gasteiger partial charge in [-0.1, -0.05) is 0 Å². The summed E-state index contributed by atoms with van der Waals surface area (Å²) >= 11 is 0. The van der Waals surface area contributed by atoms with Gasteiger partial charge in [-0.15, -0.1) is 0 Å². The normalized spacial score (nSPS) is 12.2. The number of aliphatic hydroxyl groups is 1. The molecule has 5 nitrogen and oxygen atoms in total. The van der Waals surface area contributed by atoms with Crippen LogP contribution >= 0.6 is 0 Å². The van der Waals surface area contributed by atoms with Crippen molar-refractivity contribution < 1.29 is 14.8 Å². The molecule has 0 spiro atoms. The molecule has 0 aliphatic heterocycles. The quantitative estimate of drug-likeness (QED) is 0.590. The van der Waals surface area contributed by atoms with Gasteiger partial charge in [-0.25, -0.2) is 0 Å². The zero-order valence-corrected chi connectivity index (χ0v) is 7.93. The Morgan fingerprint density at radius 2 is 2.21 bits per heavy atom. The fourth-order valence-corrected chi connectivity index (χ4v) is 1.16. The molecule has 0 saturated carbocycles. The number of methoxy groups -OCH3 is 1. The summed E-state index contributed by atoms with van der Waals surface area (Å²) in [4.78, 5) is 10.1. The molecule has 0 aromatic heterocycles. The molecule has 0 saturated heterocycles. The number of aliphatic hydroxyl groups excluding tert-OH is 1. The first kappa shape index (κ1) is 10.5. The highest BCUT2D eigenvalue weighted by Crippen LogP contribution is 2.28. The third kappa shape index (κ3) is 2.00. The molecule has 0 fully saturated rings. The minimum Gasteiger partial charge on any atom is -0.497 e. The summed E-state index contributed by atoms with van der Waals surface area (Å²) in [6, 6.07) is 4.36. The maximum atomic E-state index is 10.6. The molecule has 1 rings (SSSR count). The Kier molecular flexibility index (Phi) is 3.03. The smallest absolute Gasteiger partial charge is 0.278 e. The molecule has 0 radical (unpaired) electrons. The first-order chi connectivity index (χ1) is 6.56. The van der Waals surface area contributed by atoms with Crippen molar-refractivity contribution in [3.05, 3.63) is 33.9 Å². The predicted molar refractivity (Wildman–Crippen MR) is 50.3 cm³/mol. The van der Waals surface area contributed by atoms with Crippen LogP contribution in [0.3, 0.4) is 0 Å². The Labute approximate surface area is 81.1 Å².